The van der Waals surface area contributed by atoms with Crippen molar-refractivity contribution < 1.29 is 9.59 Å². The Morgan fingerprint density at radius 1 is 1.31 bits per heavy atom. The molecule has 0 spiro atoms. The van der Waals surface area contributed by atoms with Gasteiger partial charge in [0.1, 0.15) is 6.04 Å². The van der Waals surface area contributed by atoms with Gasteiger partial charge in [-0.3, -0.25) is 14.7 Å². The molecule has 156 valence electrons. The van der Waals surface area contributed by atoms with Gasteiger partial charge in [-0.1, -0.05) is 27.7 Å². The van der Waals surface area contributed by atoms with E-state index in [0.29, 0.717) is 0 Å². The number of carbonyl (C=O) groups excluding carboxylic acids is 2. The van der Waals surface area contributed by atoms with Crippen molar-refractivity contribution in [3.8, 4) is 11.3 Å². The van der Waals surface area contributed by atoms with Crippen molar-refractivity contribution in [3.05, 3.63) is 35.8 Å². The molecule has 1 aliphatic heterocycles. The van der Waals surface area contributed by atoms with Crippen molar-refractivity contribution >= 4 is 11.9 Å². The summed E-state index contributed by atoms with van der Waals surface area (Å²) in [6.07, 6.45) is 4.21. The topological polar surface area (TPSA) is 92.2 Å². The largest absolute Gasteiger partial charge is 0.357 e. The molecule has 3 rings (SSSR count). The number of nitrogens with zero attached hydrogens (tertiary/aromatic N) is 4. The summed E-state index contributed by atoms with van der Waals surface area (Å²) in [6, 6.07) is 2.76. The molecular weight excluding hydrogens is 368 g/mol. The highest BCUT2D eigenvalue weighted by atomic mass is 16.2. The van der Waals surface area contributed by atoms with Crippen LogP contribution < -0.4 is 10.6 Å². The highest BCUT2D eigenvalue weighted by Gasteiger charge is 2.34. The number of hydrogen-bond acceptors (Lipinski definition) is 5. The second-order valence-corrected chi connectivity index (χ2v) is 8.41. The van der Waals surface area contributed by atoms with Crippen LogP contribution >= 0.6 is 0 Å². The fourth-order valence-electron chi connectivity index (χ4n) is 3.65. The third-order valence-electron chi connectivity index (χ3n) is 5.35. The molecule has 1 aliphatic rings. The maximum absolute atomic E-state index is 13.2. The Hall–Kier alpha value is -2.74. The van der Waals surface area contributed by atoms with E-state index in [9.17, 15) is 9.59 Å². The lowest BCUT2D eigenvalue weighted by molar-refractivity contribution is -0.124. The maximum atomic E-state index is 13.2. The van der Waals surface area contributed by atoms with Crippen LogP contribution in [0, 0.1) is 5.41 Å². The van der Waals surface area contributed by atoms with Crippen LogP contribution in [0.5, 0.6) is 0 Å². The Morgan fingerprint density at radius 2 is 2.07 bits per heavy atom. The summed E-state index contributed by atoms with van der Waals surface area (Å²) in [5.74, 6) is -0.225. The normalized spacial score (nSPS) is 15.5. The van der Waals surface area contributed by atoms with Gasteiger partial charge in [0.05, 0.1) is 11.4 Å². The van der Waals surface area contributed by atoms with Crippen molar-refractivity contribution in [2.45, 2.75) is 46.7 Å². The van der Waals surface area contributed by atoms with E-state index < -0.39 is 11.5 Å². The number of amides is 2. The van der Waals surface area contributed by atoms with Gasteiger partial charge in [0, 0.05) is 50.1 Å². The van der Waals surface area contributed by atoms with Crippen LogP contribution in [-0.4, -0.2) is 57.8 Å². The molecule has 1 atom stereocenters. The number of carbonyl (C=O) groups is 2. The first-order valence-corrected chi connectivity index (χ1v) is 10.0. The van der Waals surface area contributed by atoms with Gasteiger partial charge in [0.2, 0.25) is 5.91 Å². The van der Waals surface area contributed by atoms with Crippen molar-refractivity contribution in [2.75, 3.05) is 20.1 Å². The number of nitrogens with one attached hydrogen (secondary N) is 2. The summed E-state index contributed by atoms with van der Waals surface area (Å²) < 4.78 is 1.44. The lowest BCUT2D eigenvalue weighted by Crippen LogP contribution is -2.54. The molecule has 8 nitrogen and oxygen atoms in total. The van der Waals surface area contributed by atoms with Crippen LogP contribution in [0.2, 0.25) is 0 Å². The van der Waals surface area contributed by atoms with E-state index in [4.69, 9.17) is 0 Å². The Labute approximate surface area is 171 Å². The standard InChI is InChI=1S/C21H30N6O2/c1-6-26-11-9-16-15(13-26)17(14-8-7-10-23-12-14)25-27(16)20(29)24-18(19(28)22-5)21(2,3)4/h7-8,10,12,18H,6,9,11,13H2,1-5H3,(H,22,28)(H,24,29). The monoisotopic (exact) mass is 398 g/mol. The third-order valence-corrected chi connectivity index (χ3v) is 5.35. The summed E-state index contributed by atoms with van der Waals surface area (Å²) in [7, 11) is 1.57. The number of likely N-dealkylation sites (N-methyl/N-ethyl adjacent to an activating group) is 2. The summed E-state index contributed by atoms with van der Waals surface area (Å²) in [5.41, 5.74) is 3.17. The third kappa shape index (κ3) is 4.32. The Morgan fingerprint density at radius 3 is 2.66 bits per heavy atom. The Balaban J connectivity index is 2.00. The molecule has 0 saturated heterocycles. The highest BCUT2D eigenvalue weighted by molar-refractivity contribution is 5.88. The SMILES string of the molecule is CCN1CCc2c(c(-c3cccnc3)nn2C(=O)NC(C(=O)NC)C(C)(C)C)C1. The van der Waals surface area contributed by atoms with Gasteiger partial charge >= 0.3 is 6.03 Å². The molecule has 0 fully saturated rings. The molecule has 0 bridgehead atoms. The van der Waals surface area contributed by atoms with E-state index in [-0.39, 0.29) is 11.9 Å². The summed E-state index contributed by atoms with van der Waals surface area (Å²) in [5, 5.41) is 10.2. The number of rotatable bonds is 4. The van der Waals surface area contributed by atoms with E-state index in [1.54, 1.807) is 19.4 Å². The number of fused-ring (bicyclic) bond motifs is 1. The van der Waals surface area contributed by atoms with Crippen molar-refractivity contribution in [3.63, 3.8) is 0 Å². The van der Waals surface area contributed by atoms with Gasteiger partial charge in [-0.05, 0) is 24.1 Å². The molecule has 2 amide bonds. The first-order valence-electron chi connectivity index (χ1n) is 10.0. The molecule has 8 heteroatoms. The van der Waals surface area contributed by atoms with E-state index in [1.165, 1.54) is 4.68 Å². The molecule has 0 aromatic carbocycles. The van der Waals surface area contributed by atoms with E-state index in [2.05, 4.69) is 32.5 Å². The number of hydrogen-bond donors (Lipinski definition) is 2. The minimum atomic E-state index is -0.669. The Kier molecular flexibility index (Phi) is 6.02. The smallest absolute Gasteiger partial charge is 0.343 e. The zero-order chi connectivity index (χ0) is 21.2. The predicted molar refractivity (Wildman–Crippen MR) is 111 cm³/mol. The Bertz CT molecular complexity index is 885. The van der Waals surface area contributed by atoms with Crippen LogP contribution in [0.1, 0.15) is 39.0 Å². The molecular formula is C21H30N6O2. The minimum Gasteiger partial charge on any atom is -0.357 e. The van der Waals surface area contributed by atoms with Gasteiger partial charge in [0.25, 0.3) is 0 Å². The van der Waals surface area contributed by atoms with Gasteiger partial charge in [-0.2, -0.15) is 9.78 Å². The summed E-state index contributed by atoms with van der Waals surface area (Å²) in [6.45, 7) is 10.4. The van der Waals surface area contributed by atoms with E-state index in [1.807, 2.05) is 32.9 Å². The van der Waals surface area contributed by atoms with Crippen LogP contribution in [0.3, 0.4) is 0 Å². The average Bonchev–Trinajstić information content (AvgIpc) is 3.10. The molecule has 1 unspecified atom stereocenters. The molecule has 0 aliphatic carbocycles. The maximum Gasteiger partial charge on any atom is 0.343 e. The molecule has 3 heterocycles. The van der Waals surface area contributed by atoms with Crippen molar-refractivity contribution in [2.24, 2.45) is 5.41 Å². The molecule has 0 saturated carbocycles. The fourth-order valence-corrected chi connectivity index (χ4v) is 3.65. The van der Waals surface area contributed by atoms with E-state index in [0.717, 1.165) is 48.6 Å². The van der Waals surface area contributed by atoms with Gasteiger partial charge < -0.3 is 10.6 Å². The molecule has 2 aromatic rings. The first-order chi connectivity index (χ1) is 13.8. The predicted octanol–water partition coefficient (Wildman–Crippen LogP) is 2.04. The van der Waals surface area contributed by atoms with Gasteiger partial charge in [-0.15, -0.1) is 0 Å². The van der Waals surface area contributed by atoms with Crippen LogP contribution in [0.25, 0.3) is 11.3 Å². The zero-order valence-corrected chi connectivity index (χ0v) is 17.8. The van der Waals surface area contributed by atoms with Gasteiger partial charge in [0.15, 0.2) is 0 Å². The quantitative estimate of drug-likeness (QED) is 0.822. The second kappa shape index (κ2) is 8.32. The highest BCUT2D eigenvalue weighted by Crippen LogP contribution is 2.30. The van der Waals surface area contributed by atoms with Crippen LogP contribution in [-0.2, 0) is 17.8 Å². The summed E-state index contributed by atoms with van der Waals surface area (Å²) >= 11 is 0. The van der Waals surface area contributed by atoms with Crippen LogP contribution in [0.15, 0.2) is 24.5 Å². The van der Waals surface area contributed by atoms with Crippen molar-refractivity contribution in [1.82, 2.24) is 30.3 Å². The first kappa shape index (κ1) is 21.0. The molecule has 2 aromatic heterocycles. The minimum absolute atomic E-state index is 0.225. The molecule has 0 radical (unpaired) electrons. The van der Waals surface area contributed by atoms with Crippen molar-refractivity contribution in [1.29, 1.82) is 0 Å². The molecule has 2 N–H and O–H groups in total. The lowest BCUT2D eigenvalue weighted by Gasteiger charge is -2.30. The summed E-state index contributed by atoms with van der Waals surface area (Å²) in [4.78, 5) is 32.1. The zero-order valence-electron chi connectivity index (χ0n) is 17.8. The number of pyridine rings is 1. The number of aromatic nitrogens is 3. The van der Waals surface area contributed by atoms with E-state index >= 15 is 0 Å². The molecule has 29 heavy (non-hydrogen) atoms. The van der Waals surface area contributed by atoms with Crippen LogP contribution in [0.4, 0.5) is 4.79 Å². The fraction of sp³-hybridized carbons (Fsp3) is 0.524. The van der Waals surface area contributed by atoms with Gasteiger partial charge in [-0.25, -0.2) is 4.79 Å². The second-order valence-electron chi connectivity index (χ2n) is 8.41. The average molecular weight is 399 g/mol. The lowest BCUT2D eigenvalue weighted by atomic mass is 9.86.